The summed E-state index contributed by atoms with van der Waals surface area (Å²) < 4.78 is 10.6. The van der Waals surface area contributed by atoms with Crippen molar-refractivity contribution < 1.29 is 24.2 Å². The van der Waals surface area contributed by atoms with Gasteiger partial charge in [-0.1, -0.05) is 25.1 Å². The van der Waals surface area contributed by atoms with Gasteiger partial charge in [0.2, 0.25) is 0 Å². The number of carbonyl (C=O) groups is 2. The zero-order valence-corrected chi connectivity index (χ0v) is 18.6. The van der Waals surface area contributed by atoms with Crippen molar-refractivity contribution in [2.45, 2.75) is 19.4 Å². The molecule has 2 aromatic carbocycles. The highest BCUT2D eigenvalue weighted by Gasteiger charge is 2.47. The first kappa shape index (κ1) is 22.1. The summed E-state index contributed by atoms with van der Waals surface area (Å²) in [7, 11) is 2.98. The van der Waals surface area contributed by atoms with E-state index >= 15 is 0 Å². The van der Waals surface area contributed by atoms with Crippen molar-refractivity contribution in [1.29, 1.82) is 0 Å². The summed E-state index contributed by atoms with van der Waals surface area (Å²) in [5, 5.41) is 11.3. The Morgan fingerprint density at radius 1 is 1.06 bits per heavy atom. The number of Topliss-reactive ketones (excluding diaryl/α,β-unsaturated/α-hetero) is 1. The number of aryl methyl sites for hydroxylation is 1. The third-order valence-corrected chi connectivity index (χ3v) is 5.73. The first-order valence-corrected chi connectivity index (χ1v) is 10.5. The lowest BCUT2D eigenvalue weighted by molar-refractivity contribution is -0.132. The number of ketones is 1. The minimum atomic E-state index is -0.849. The molecule has 0 radical (unpaired) electrons. The van der Waals surface area contributed by atoms with E-state index in [9.17, 15) is 14.7 Å². The molecule has 1 atom stereocenters. The normalized spacial score (nSPS) is 17.3. The molecular weight excluding hydrogens is 420 g/mol. The molecule has 1 aliphatic rings. The fourth-order valence-corrected chi connectivity index (χ4v) is 3.98. The largest absolute Gasteiger partial charge is 0.507 e. The van der Waals surface area contributed by atoms with Gasteiger partial charge in [-0.25, -0.2) is 0 Å². The second-order valence-electron chi connectivity index (χ2n) is 7.54. The molecule has 0 bridgehead atoms. The van der Waals surface area contributed by atoms with Gasteiger partial charge in [0.1, 0.15) is 17.3 Å². The Labute approximate surface area is 191 Å². The smallest absolute Gasteiger partial charge is 0.300 e. The van der Waals surface area contributed by atoms with E-state index in [1.54, 1.807) is 54.9 Å². The molecule has 1 fully saturated rings. The summed E-state index contributed by atoms with van der Waals surface area (Å²) in [4.78, 5) is 32.0. The van der Waals surface area contributed by atoms with Crippen LogP contribution in [0.15, 0.2) is 72.6 Å². The molecule has 1 aromatic heterocycles. The van der Waals surface area contributed by atoms with Crippen molar-refractivity contribution in [3.63, 3.8) is 0 Å². The highest BCUT2D eigenvalue weighted by molar-refractivity contribution is 6.51. The van der Waals surface area contributed by atoms with Gasteiger partial charge in [-0.05, 0) is 47.9 Å². The van der Waals surface area contributed by atoms with Crippen LogP contribution in [0.25, 0.3) is 5.76 Å². The Hall–Kier alpha value is -4.13. The monoisotopic (exact) mass is 444 g/mol. The number of nitrogens with zero attached hydrogens (tertiary/aromatic N) is 2. The van der Waals surface area contributed by atoms with E-state index < -0.39 is 17.7 Å². The molecule has 7 nitrogen and oxygen atoms in total. The molecule has 1 saturated heterocycles. The number of aromatic nitrogens is 1. The van der Waals surface area contributed by atoms with Crippen molar-refractivity contribution in [3.8, 4) is 11.5 Å². The van der Waals surface area contributed by atoms with Gasteiger partial charge in [0.05, 0.1) is 31.4 Å². The van der Waals surface area contributed by atoms with Crippen molar-refractivity contribution in [2.75, 3.05) is 19.1 Å². The quantitative estimate of drug-likeness (QED) is 0.347. The molecule has 1 aliphatic heterocycles. The van der Waals surface area contributed by atoms with Crippen LogP contribution in [-0.2, 0) is 16.0 Å². The number of amides is 1. The van der Waals surface area contributed by atoms with Gasteiger partial charge in [-0.3, -0.25) is 19.5 Å². The zero-order chi connectivity index (χ0) is 23.5. The number of ether oxygens (including phenoxy) is 2. The fourth-order valence-electron chi connectivity index (χ4n) is 3.98. The molecule has 1 amide bonds. The van der Waals surface area contributed by atoms with Crippen LogP contribution in [0.2, 0.25) is 0 Å². The molecule has 4 rings (SSSR count). The predicted molar refractivity (Wildman–Crippen MR) is 124 cm³/mol. The number of aliphatic hydroxyl groups excluding tert-OH is 1. The van der Waals surface area contributed by atoms with Crippen LogP contribution in [0, 0.1) is 0 Å². The van der Waals surface area contributed by atoms with E-state index in [4.69, 9.17) is 9.47 Å². The third kappa shape index (κ3) is 3.93. The lowest BCUT2D eigenvalue weighted by Crippen LogP contribution is -2.29. The zero-order valence-electron chi connectivity index (χ0n) is 18.6. The summed E-state index contributed by atoms with van der Waals surface area (Å²) in [6, 6.07) is 14.9. The van der Waals surface area contributed by atoms with Gasteiger partial charge in [0.25, 0.3) is 11.7 Å². The van der Waals surface area contributed by atoms with E-state index in [0.29, 0.717) is 22.7 Å². The SMILES string of the molecule is CCc1ccc(N2C(=O)C(=O)/C(=C(\O)c3ccc(OC)cc3OC)C2c2cccnc2)cc1. The van der Waals surface area contributed by atoms with Crippen LogP contribution in [0.3, 0.4) is 0 Å². The van der Waals surface area contributed by atoms with Gasteiger partial charge in [-0.15, -0.1) is 0 Å². The van der Waals surface area contributed by atoms with Gasteiger partial charge < -0.3 is 14.6 Å². The molecule has 168 valence electrons. The highest BCUT2D eigenvalue weighted by Crippen LogP contribution is 2.43. The number of benzene rings is 2. The van der Waals surface area contributed by atoms with Gasteiger partial charge in [0.15, 0.2) is 0 Å². The second-order valence-corrected chi connectivity index (χ2v) is 7.54. The molecular formula is C26H24N2O5. The number of methoxy groups -OCH3 is 2. The average Bonchev–Trinajstić information content (AvgIpc) is 3.14. The second kappa shape index (κ2) is 9.16. The number of rotatable bonds is 6. The topological polar surface area (TPSA) is 89.0 Å². The number of carbonyl (C=O) groups excluding carboxylic acids is 2. The molecule has 0 spiro atoms. The summed E-state index contributed by atoms with van der Waals surface area (Å²) in [5.41, 5.74) is 2.52. The maximum absolute atomic E-state index is 13.2. The van der Waals surface area contributed by atoms with Crippen molar-refractivity contribution >= 4 is 23.1 Å². The summed E-state index contributed by atoms with van der Waals surface area (Å²) in [6.07, 6.45) is 4.04. The molecule has 0 saturated carbocycles. The Balaban J connectivity index is 1.93. The standard InChI is InChI=1S/C26H24N2O5/c1-4-16-7-9-18(10-8-16)28-23(17-6-5-13-27-15-17)22(25(30)26(28)31)24(29)20-12-11-19(32-2)14-21(20)33-3/h5-15,23,29H,4H2,1-3H3/b24-22-. The van der Waals surface area contributed by atoms with Crippen LogP contribution in [0.5, 0.6) is 11.5 Å². The lowest BCUT2D eigenvalue weighted by atomic mass is 9.95. The van der Waals surface area contributed by atoms with Crippen LogP contribution >= 0.6 is 0 Å². The first-order chi connectivity index (χ1) is 16.0. The minimum absolute atomic E-state index is 0.0314. The average molecular weight is 444 g/mol. The van der Waals surface area contributed by atoms with Gasteiger partial charge >= 0.3 is 0 Å². The molecule has 0 aliphatic carbocycles. The molecule has 7 heteroatoms. The number of hydrogen-bond donors (Lipinski definition) is 1. The van der Waals surface area contributed by atoms with E-state index in [1.807, 2.05) is 19.1 Å². The van der Waals surface area contributed by atoms with Gasteiger partial charge in [0, 0.05) is 24.1 Å². The van der Waals surface area contributed by atoms with Crippen molar-refractivity contribution in [2.24, 2.45) is 0 Å². The number of aliphatic hydroxyl groups is 1. The summed E-state index contributed by atoms with van der Waals surface area (Å²) in [5.74, 6) is -0.978. The van der Waals surface area contributed by atoms with Crippen LogP contribution in [-0.4, -0.2) is 36.0 Å². The van der Waals surface area contributed by atoms with Crippen molar-refractivity contribution in [3.05, 3.63) is 89.3 Å². The Morgan fingerprint density at radius 2 is 1.82 bits per heavy atom. The maximum Gasteiger partial charge on any atom is 0.300 e. The molecule has 1 unspecified atom stereocenters. The lowest BCUT2D eigenvalue weighted by Gasteiger charge is -2.25. The highest BCUT2D eigenvalue weighted by atomic mass is 16.5. The van der Waals surface area contributed by atoms with Crippen LogP contribution < -0.4 is 14.4 Å². The third-order valence-electron chi connectivity index (χ3n) is 5.73. The van der Waals surface area contributed by atoms with E-state index in [-0.39, 0.29) is 16.9 Å². The van der Waals surface area contributed by atoms with Gasteiger partial charge in [-0.2, -0.15) is 0 Å². The fraction of sp³-hybridized carbons (Fsp3) is 0.192. The Bertz CT molecular complexity index is 1220. The van der Waals surface area contributed by atoms with E-state index in [1.165, 1.54) is 19.1 Å². The summed E-state index contributed by atoms with van der Waals surface area (Å²) >= 11 is 0. The molecule has 2 heterocycles. The number of hydrogen-bond acceptors (Lipinski definition) is 6. The van der Waals surface area contributed by atoms with E-state index in [2.05, 4.69) is 4.98 Å². The molecule has 3 aromatic rings. The summed E-state index contributed by atoms with van der Waals surface area (Å²) in [6.45, 7) is 2.04. The molecule has 1 N–H and O–H groups in total. The van der Waals surface area contributed by atoms with Crippen LogP contribution in [0.4, 0.5) is 5.69 Å². The van der Waals surface area contributed by atoms with Crippen LogP contribution in [0.1, 0.15) is 29.7 Å². The molecule has 33 heavy (non-hydrogen) atoms. The van der Waals surface area contributed by atoms with E-state index in [0.717, 1.165) is 12.0 Å². The number of anilines is 1. The number of pyridine rings is 1. The Morgan fingerprint density at radius 3 is 2.42 bits per heavy atom. The Kier molecular flexibility index (Phi) is 6.13. The maximum atomic E-state index is 13.2. The first-order valence-electron chi connectivity index (χ1n) is 10.5. The predicted octanol–water partition coefficient (Wildman–Crippen LogP) is 4.29. The minimum Gasteiger partial charge on any atom is -0.507 e. The van der Waals surface area contributed by atoms with Crippen molar-refractivity contribution in [1.82, 2.24) is 4.98 Å².